The van der Waals surface area contributed by atoms with E-state index in [1.54, 1.807) is 0 Å². The van der Waals surface area contributed by atoms with Crippen LogP contribution in [-0.2, 0) is 0 Å². The Balaban J connectivity index is 2.77. The molecule has 0 aromatic rings. The molecule has 0 amide bonds. The van der Waals surface area contributed by atoms with Gasteiger partial charge in [-0.25, -0.2) is 15.4 Å². The summed E-state index contributed by atoms with van der Waals surface area (Å²) in [5.41, 5.74) is 0. The van der Waals surface area contributed by atoms with Crippen molar-refractivity contribution in [2.75, 3.05) is 0 Å². The van der Waals surface area contributed by atoms with E-state index < -0.39 is 35.9 Å². The topological polar surface area (TPSA) is 166 Å². The van der Waals surface area contributed by atoms with Crippen LogP contribution in [0.25, 0.3) is 0 Å². The molecule has 3 N–H and O–H groups in total. The van der Waals surface area contributed by atoms with Gasteiger partial charge in [-0.15, -0.1) is 0 Å². The first-order chi connectivity index (χ1) is 6.91. The van der Waals surface area contributed by atoms with Crippen molar-refractivity contribution in [3.05, 3.63) is 30.3 Å². The molecule has 0 atom stereocenters. The third kappa shape index (κ3) is 2.61. The molecule has 1 rings (SSSR count). The highest BCUT2D eigenvalue weighted by atomic mass is 16.6. The van der Waals surface area contributed by atoms with Crippen molar-refractivity contribution in [3.8, 4) is 0 Å². The lowest BCUT2D eigenvalue weighted by Crippen LogP contribution is -2.80. The molecular formula is H3B3N6O6. The maximum absolute atomic E-state index is 10.3. The summed E-state index contributed by atoms with van der Waals surface area (Å²) in [6.07, 6.45) is 0. The normalized spacial score (nSPS) is 16.4. The number of rotatable bonds is 3. The zero-order chi connectivity index (χ0) is 11.6. The average molecular weight is 215 g/mol. The van der Waals surface area contributed by atoms with Crippen LogP contribution in [0.4, 0.5) is 0 Å². The first kappa shape index (κ1) is 11.4. The average Bonchev–Trinajstić information content (AvgIpc) is 2.16. The van der Waals surface area contributed by atoms with Gasteiger partial charge in [0.25, 0.3) is 0 Å². The Labute approximate surface area is 82.6 Å². The van der Waals surface area contributed by atoms with E-state index in [4.69, 9.17) is 0 Å². The van der Waals surface area contributed by atoms with E-state index in [9.17, 15) is 30.3 Å². The quantitative estimate of drug-likeness (QED) is 0.246. The molecule has 0 saturated carbocycles. The van der Waals surface area contributed by atoms with Crippen molar-refractivity contribution in [3.63, 3.8) is 0 Å². The van der Waals surface area contributed by atoms with Gasteiger partial charge >= 0.3 is 21.4 Å². The molecule has 0 aromatic heterocycles. The molecule has 1 aliphatic heterocycles. The maximum atomic E-state index is 10.3. The molecule has 0 radical (unpaired) electrons. The van der Waals surface area contributed by atoms with Gasteiger partial charge in [0.05, 0.1) is 0 Å². The van der Waals surface area contributed by atoms with Crippen molar-refractivity contribution in [2.45, 2.75) is 0 Å². The zero-order valence-corrected chi connectivity index (χ0v) is 7.02. The fourth-order valence-corrected chi connectivity index (χ4v) is 0.958. The number of nitro groups is 3. The molecule has 0 aromatic carbocycles. The Morgan fingerprint density at radius 3 is 1.00 bits per heavy atom. The van der Waals surface area contributed by atoms with E-state index in [0.29, 0.717) is 0 Å². The van der Waals surface area contributed by atoms with Crippen LogP contribution >= 0.6 is 0 Å². The number of hydrogen-bond donors (Lipinski definition) is 3. The smallest absolute Gasteiger partial charge is 0.291 e. The van der Waals surface area contributed by atoms with Crippen LogP contribution in [0.5, 0.6) is 0 Å². The Morgan fingerprint density at radius 1 is 0.667 bits per heavy atom. The predicted molar refractivity (Wildman–Crippen MR) is 47.7 cm³/mol. The van der Waals surface area contributed by atoms with Crippen molar-refractivity contribution in [1.82, 2.24) is 15.4 Å². The van der Waals surface area contributed by atoms with Gasteiger partial charge in [-0.3, -0.25) is 30.3 Å². The predicted octanol–water partition coefficient (Wildman–Crippen LogP) is -3.45. The molecule has 0 aliphatic carbocycles. The second kappa shape index (κ2) is 4.20. The van der Waals surface area contributed by atoms with Crippen LogP contribution in [0.15, 0.2) is 0 Å². The van der Waals surface area contributed by atoms with E-state index in [2.05, 4.69) is 0 Å². The molecule has 1 aliphatic rings. The second-order valence-electron chi connectivity index (χ2n) is 2.56. The molecular weight excluding hydrogens is 212 g/mol. The lowest BCUT2D eigenvalue weighted by atomic mass is 9.65. The van der Waals surface area contributed by atoms with Gasteiger partial charge in [0.1, 0.15) is 0 Å². The standard InChI is InChI=1S/B3H3N6O6/c10-7(11)1-4-2(8(12)13)6-3(5-1)9(14)15/h4-6H. The Morgan fingerprint density at radius 2 is 0.867 bits per heavy atom. The van der Waals surface area contributed by atoms with Crippen LogP contribution in [-0.4, -0.2) is 35.9 Å². The molecule has 12 nitrogen and oxygen atoms in total. The van der Waals surface area contributed by atoms with Crippen LogP contribution < -0.4 is 15.4 Å². The van der Waals surface area contributed by atoms with Crippen molar-refractivity contribution < 1.29 is 14.5 Å². The van der Waals surface area contributed by atoms with Crippen LogP contribution in [0.2, 0.25) is 0 Å². The first-order valence-corrected chi connectivity index (χ1v) is 3.60. The summed E-state index contributed by atoms with van der Waals surface area (Å²) in [7, 11) is -5.22. The van der Waals surface area contributed by atoms with Gasteiger partial charge in [-0.05, 0) is 14.5 Å². The molecule has 15 heteroatoms. The van der Waals surface area contributed by atoms with E-state index in [1.165, 1.54) is 0 Å². The minimum Gasteiger partial charge on any atom is -0.291 e. The summed E-state index contributed by atoms with van der Waals surface area (Å²) in [5, 5.41) is 36.6. The molecule has 1 heterocycles. The summed E-state index contributed by atoms with van der Waals surface area (Å²) in [6.45, 7) is 0. The summed E-state index contributed by atoms with van der Waals surface area (Å²) in [6, 6.07) is 0. The van der Waals surface area contributed by atoms with Crippen molar-refractivity contribution in [2.24, 2.45) is 0 Å². The Bertz CT molecular complexity index is 252. The van der Waals surface area contributed by atoms with Crippen LogP contribution in [0.3, 0.4) is 0 Å². The fraction of sp³-hybridized carbons (Fsp3) is 0. The zero-order valence-electron chi connectivity index (χ0n) is 7.02. The van der Waals surface area contributed by atoms with Gasteiger partial charge in [-0.2, -0.15) is 0 Å². The summed E-state index contributed by atoms with van der Waals surface area (Å²) in [4.78, 5) is 28.1. The minimum atomic E-state index is -1.74. The van der Waals surface area contributed by atoms with Gasteiger partial charge in [0, 0.05) is 0 Å². The van der Waals surface area contributed by atoms with Gasteiger partial charge in [-0.1, -0.05) is 0 Å². The Kier molecular flexibility index (Phi) is 3.18. The molecule has 0 bridgehead atoms. The first-order valence-electron chi connectivity index (χ1n) is 3.60. The highest BCUT2D eigenvalue weighted by molar-refractivity contribution is 6.79. The highest BCUT2D eigenvalue weighted by Crippen LogP contribution is 1.89. The molecule has 15 heavy (non-hydrogen) atoms. The number of nitrogens with zero attached hydrogens (tertiary/aromatic N) is 3. The summed E-state index contributed by atoms with van der Waals surface area (Å²) >= 11 is 0. The fourth-order valence-electron chi connectivity index (χ4n) is 0.958. The molecule has 1 saturated heterocycles. The molecule has 0 spiro atoms. The molecule has 78 valence electrons. The maximum Gasteiger partial charge on any atom is 0.723 e. The SMILES string of the molecule is O=[N+]([O-])B1NB([N+](=O)[O-])NB([N+](=O)[O-])N1. The van der Waals surface area contributed by atoms with Gasteiger partial charge in [0.15, 0.2) is 0 Å². The largest absolute Gasteiger partial charge is 0.723 e. The third-order valence-electron chi connectivity index (χ3n) is 1.58. The van der Waals surface area contributed by atoms with Crippen molar-refractivity contribution >= 4 is 21.4 Å². The molecule has 1 fully saturated rings. The van der Waals surface area contributed by atoms with E-state index in [1.807, 2.05) is 15.4 Å². The lowest BCUT2D eigenvalue weighted by Gasteiger charge is -2.14. The van der Waals surface area contributed by atoms with Crippen molar-refractivity contribution in [1.29, 1.82) is 0 Å². The molecule has 0 unspecified atom stereocenters. The Hall–Kier alpha value is -1.73. The van der Waals surface area contributed by atoms with Crippen LogP contribution in [0.1, 0.15) is 0 Å². The van der Waals surface area contributed by atoms with Crippen LogP contribution in [0, 0.1) is 30.3 Å². The number of hydrogen-bond acceptors (Lipinski definition) is 9. The van der Waals surface area contributed by atoms with Gasteiger partial charge in [0.2, 0.25) is 0 Å². The second-order valence-corrected chi connectivity index (χ2v) is 2.56. The monoisotopic (exact) mass is 216 g/mol. The highest BCUT2D eigenvalue weighted by Gasteiger charge is 2.61. The lowest BCUT2D eigenvalue weighted by molar-refractivity contribution is -0.361. The van der Waals surface area contributed by atoms with E-state index in [0.717, 1.165) is 0 Å². The van der Waals surface area contributed by atoms with E-state index in [-0.39, 0.29) is 0 Å². The third-order valence-corrected chi connectivity index (χ3v) is 1.58. The minimum absolute atomic E-state index is 0.937. The summed E-state index contributed by atoms with van der Waals surface area (Å²) in [5.74, 6) is 0. The van der Waals surface area contributed by atoms with Gasteiger partial charge < -0.3 is 0 Å². The van der Waals surface area contributed by atoms with E-state index >= 15 is 0 Å². The summed E-state index contributed by atoms with van der Waals surface area (Å²) < 4.78 is 0. The number of nitrogens with one attached hydrogen (secondary N) is 3.